The van der Waals surface area contributed by atoms with E-state index < -0.39 is 0 Å². The molecule has 0 saturated heterocycles. The average molecular weight is 351 g/mol. The van der Waals surface area contributed by atoms with Crippen molar-refractivity contribution in [3.05, 3.63) is 45.0 Å². The van der Waals surface area contributed by atoms with Crippen LogP contribution in [-0.2, 0) is 6.54 Å². The summed E-state index contributed by atoms with van der Waals surface area (Å²) in [6.07, 6.45) is 5.84. The van der Waals surface area contributed by atoms with Crippen molar-refractivity contribution < 1.29 is 0 Å². The molecule has 1 aromatic carbocycles. The molecule has 0 amide bonds. The molecule has 1 aromatic heterocycles. The van der Waals surface area contributed by atoms with Crippen LogP contribution < -0.4 is 11.1 Å². The van der Waals surface area contributed by atoms with E-state index in [0.29, 0.717) is 17.3 Å². The Morgan fingerprint density at radius 3 is 2.43 bits per heavy atom. The van der Waals surface area contributed by atoms with Crippen LogP contribution >= 0.6 is 15.9 Å². The SMILES string of the molecule is O=c1[nH]n(CC2(CBr)CCCCC2)c(=O)c2ccccc12. The lowest BCUT2D eigenvalue weighted by Gasteiger charge is -2.35. The van der Waals surface area contributed by atoms with Gasteiger partial charge in [-0.2, -0.15) is 0 Å². The smallest absolute Gasteiger partial charge is 0.267 e. The summed E-state index contributed by atoms with van der Waals surface area (Å²) in [5, 5.41) is 4.58. The van der Waals surface area contributed by atoms with E-state index in [1.54, 1.807) is 24.3 Å². The minimum atomic E-state index is -0.189. The molecule has 1 N–H and O–H groups in total. The predicted octanol–water partition coefficient (Wildman–Crippen LogP) is 3.04. The number of aromatic nitrogens is 2. The third-order valence-corrected chi connectivity index (χ3v) is 5.76. The van der Waals surface area contributed by atoms with Crippen molar-refractivity contribution in [3.8, 4) is 0 Å². The lowest BCUT2D eigenvalue weighted by atomic mass is 9.75. The van der Waals surface area contributed by atoms with E-state index in [0.717, 1.165) is 18.2 Å². The highest BCUT2D eigenvalue weighted by Gasteiger charge is 2.32. The van der Waals surface area contributed by atoms with Crippen molar-refractivity contribution in [2.75, 3.05) is 5.33 Å². The highest BCUT2D eigenvalue weighted by Crippen LogP contribution is 2.38. The highest BCUT2D eigenvalue weighted by molar-refractivity contribution is 9.09. The van der Waals surface area contributed by atoms with Gasteiger partial charge in [-0.15, -0.1) is 0 Å². The maximum Gasteiger partial charge on any atom is 0.273 e. The summed E-state index contributed by atoms with van der Waals surface area (Å²) in [6, 6.07) is 7.00. The molecular weight excluding hydrogens is 332 g/mol. The normalized spacial score (nSPS) is 18.0. The lowest BCUT2D eigenvalue weighted by Crippen LogP contribution is -2.39. The number of halogens is 1. The molecule has 1 aliphatic rings. The summed E-state index contributed by atoms with van der Waals surface area (Å²) in [7, 11) is 0. The van der Waals surface area contributed by atoms with Gasteiger partial charge in [-0.1, -0.05) is 47.3 Å². The standard InChI is InChI=1S/C16H19BrN2O2/c17-10-16(8-4-1-5-9-16)11-19-15(21)13-7-3-2-6-12(13)14(20)18-19/h2-3,6-7H,1,4-5,8-11H2,(H,18,20). The van der Waals surface area contributed by atoms with Crippen LogP contribution in [0.5, 0.6) is 0 Å². The van der Waals surface area contributed by atoms with Crippen LogP contribution in [-0.4, -0.2) is 15.1 Å². The third-order valence-electron chi connectivity index (χ3n) is 4.57. The third kappa shape index (κ3) is 2.71. The number of hydrogen-bond acceptors (Lipinski definition) is 2. The number of hydrogen-bond donors (Lipinski definition) is 1. The number of fused-ring (bicyclic) bond motifs is 1. The van der Waals surface area contributed by atoms with Crippen molar-refractivity contribution in [2.45, 2.75) is 38.6 Å². The Morgan fingerprint density at radius 1 is 1.10 bits per heavy atom. The molecule has 4 nitrogen and oxygen atoms in total. The maximum absolute atomic E-state index is 12.6. The average Bonchev–Trinajstić information content (AvgIpc) is 2.53. The van der Waals surface area contributed by atoms with Crippen LogP contribution in [0.2, 0.25) is 0 Å². The Labute approximate surface area is 131 Å². The molecule has 0 aliphatic heterocycles. The summed E-state index contributed by atoms with van der Waals surface area (Å²) in [4.78, 5) is 24.7. The quantitative estimate of drug-likeness (QED) is 0.865. The van der Waals surface area contributed by atoms with Gasteiger partial charge in [0, 0.05) is 11.9 Å². The van der Waals surface area contributed by atoms with E-state index >= 15 is 0 Å². The maximum atomic E-state index is 12.6. The van der Waals surface area contributed by atoms with Gasteiger partial charge < -0.3 is 0 Å². The second-order valence-electron chi connectivity index (χ2n) is 6.07. The van der Waals surface area contributed by atoms with Crippen LogP contribution in [0.25, 0.3) is 10.8 Å². The molecular formula is C16H19BrN2O2. The van der Waals surface area contributed by atoms with Gasteiger partial charge in [-0.3, -0.25) is 14.7 Å². The molecule has 0 radical (unpaired) electrons. The second kappa shape index (κ2) is 5.79. The molecule has 1 fully saturated rings. The summed E-state index contributed by atoms with van der Waals surface area (Å²) >= 11 is 3.61. The van der Waals surface area contributed by atoms with E-state index in [4.69, 9.17) is 0 Å². The van der Waals surface area contributed by atoms with Crippen LogP contribution in [0.1, 0.15) is 32.1 Å². The molecule has 5 heteroatoms. The second-order valence-corrected chi connectivity index (χ2v) is 6.63. The Balaban J connectivity index is 2.07. The first-order valence-electron chi connectivity index (χ1n) is 7.43. The fourth-order valence-electron chi connectivity index (χ4n) is 3.33. The van der Waals surface area contributed by atoms with E-state index in [1.165, 1.54) is 23.9 Å². The van der Waals surface area contributed by atoms with Gasteiger partial charge in [0.1, 0.15) is 0 Å². The van der Waals surface area contributed by atoms with Gasteiger partial charge in [0.05, 0.1) is 10.8 Å². The molecule has 3 rings (SSSR count). The van der Waals surface area contributed by atoms with Gasteiger partial charge in [0.2, 0.25) is 0 Å². The molecule has 21 heavy (non-hydrogen) atoms. The van der Waals surface area contributed by atoms with E-state index in [1.807, 2.05) is 0 Å². The molecule has 0 atom stereocenters. The van der Waals surface area contributed by atoms with Crippen LogP contribution in [0.3, 0.4) is 0 Å². The summed E-state index contributed by atoms with van der Waals surface area (Å²) < 4.78 is 1.51. The Bertz CT molecular complexity index is 757. The van der Waals surface area contributed by atoms with E-state index in [9.17, 15) is 9.59 Å². The van der Waals surface area contributed by atoms with Crippen molar-refractivity contribution in [2.24, 2.45) is 5.41 Å². The van der Waals surface area contributed by atoms with Gasteiger partial charge in [0.15, 0.2) is 0 Å². The summed E-state index contributed by atoms with van der Waals surface area (Å²) in [5.74, 6) is 0. The molecule has 1 heterocycles. The number of nitrogens with one attached hydrogen (secondary N) is 1. The number of alkyl halides is 1. The van der Waals surface area contributed by atoms with Gasteiger partial charge in [-0.05, 0) is 30.4 Å². The van der Waals surface area contributed by atoms with Crippen molar-refractivity contribution >= 4 is 26.7 Å². The number of H-pyrrole nitrogens is 1. The Kier molecular flexibility index (Phi) is 4.02. The van der Waals surface area contributed by atoms with Crippen LogP contribution in [0.4, 0.5) is 0 Å². The highest BCUT2D eigenvalue weighted by atomic mass is 79.9. The predicted molar refractivity (Wildman–Crippen MR) is 88.1 cm³/mol. The minimum absolute atomic E-state index is 0.0769. The van der Waals surface area contributed by atoms with Crippen LogP contribution in [0, 0.1) is 5.41 Å². The van der Waals surface area contributed by atoms with Gasteiger partial charge in [-0.25, -0.2) is 4.68 Å². The summed E-state index contributed by atoms with van der Waals surface area (Å²) in [5.41, 5.74) is -0.213. The molecule has 0 unspecified atom stereocenters. The molecule has 112 valence electrons. The number of rotatable bonds is 3. The largest absolute Gasteiger partial charge is 0.273 e. The number of aromatic amines is 1. The first-order chi connectivity index (χ1) is 10.2. The summed E-state index contributed by atoms with van der Waals surface area (Å²) in [6.45, 7) is 0.581. The first-order valence-corrected chi connectivity index (χ1v) is 8.55. The molecule has 1 aliphatic carbocycles. The van der Waals surface area contributed by atoms with Gasteiger partial charge in [0.25, 0.3) is 11.1 Å². The molecule has 2 aromatic rings. The number of nitrogens with zero attached hydrogens (tertiary/aromatic N) is 1. The molecule has 0 bridgehead atoms. The Hall–Kier alpha value is -1.36. The molecule has 0 spiro atoms. The van der Waals surface area contributed by atoms with E-state index in [-0.39, 0.29) is 16.5 Å². The Morgan fingerprint density at radius 2 is 1.76 bits per heavy atom. The fourth-order valence-corrected chi connectivity index (χ4v) is 4.07. The lowest BCUT2D eigenvalue weighted by molar-refractivity contribution is 0.180. The van der Waals surface area contributed by atoms with E-state index in [2.05, 4.69) is 21.0 Å². The molecule has 1 saturated carbocycles. The number of benzene rings is 1. The zero-order chi connectivity index (χ0) is 14.9. The first kappa shape index (κ1) is 14.6. The van der Waals surface area contributed by atoms with Crippen molar-refractivity contribution in [1.82, 2.24) is 9.78 Å². The van der Waals surface area contributed by atoms with Gasteiger partial charge >= 0.3 is 0 Å². The monoisotopic (exact) mass is 350 g/mol. The van der Waals surface area contributed by atoms with Crippen molar-refractivity contribution in [3.63, 3.8) is 0 Å². The topological polar surface area (TPSA) is 54.9 Å². The van der Waals surface area contributed by atoms with Crippen molar-refractivity contribution in [1.29, 1.82) is 0 Å². The fraction of sp³-hybridized carbons (Fsp3) is 0.500. The van der Waals surface area contributed by atoms with Crippen LogP contribution in [0.15, 0.2) is 33.9 Å². The zero-order valence-corrected chi connectivity index (χ0v) is 13.5. The zero-order valence-electron chi connectivity index (χ0n) is 11.9. The minimum Gasteiger partial charge on any atom is -0.267 e.